The highest BCUT2D eigenvalue weighted by Crippen LogP contribution is 2.35. The molecule has 2 aliphatic rings. The van der Waals surface area contributed by atoms with Gasteiger partial charge >= 0.3 is 0 Å². The molecule has 0 amide bonds. The van der Waals surface area contributed by atoms with E-state index in [1.165, 1.54) is 18.6 Å². The minimum absolute atomic E-state index is 0.378. The van der Waals surface area contributed by atoms with Gasteiger partial charge in [-0.3, -0.25) is 0 Å². The maximum atomic E-state index is 4.81. The fourth-order valence-electron chi connectivity index (χ4n) is 0.983. The van der Waals surface area contributed by atoms with E-state index in [4.69, 9.17) is 9.78 Å². The van der Waals surface area contributed by atoms with Crippen molar-refractivity contribution in [2.75, 3.05) is 5.75 Å². The summed E-state index contributed by atoms with van der Waals surface area (Å²) >= 11 is 1.87. The van der Waals surface area contributed by atoms with Crippen LogP contribution >= 0.6 is 11.8 Å². The summed E-state index contributed by atoms with van der Waals surface area (Å²) in [6.45, 7) is 0. The molecule has 3 heteroatoms. The summed E-state index contributed by atoms with van der Waals surface area (Å²) in [5.41, 5.74) is 0.378. The smallest absolute Gasteiger partial charge is 0.168 e. The summed E-state index contributed by atoms with van der Waals surface area (Å²) < 4.78 is 0. The Morgan fingerprint density at radius 1 is 1.38 bits per heavy atom. The number of hydrogen-bond donors (Lipinski definition) is 0. The molecular formula is C5H8O2S. The predicted octanol–water partition coefficient (Wildman–Crippen LogP) is 1.17. The van der Waals surface area contributed by atoms with Crippen molar-refractivity contribution in [2.45, 2.75) is 24.4 Å². The highest BCUT2D eigenvalue weighted by Gasteiger charge is 2.37. The van der Waals surface area contributed by atoms with Crippen molar-refractivity contribution in [3.8, 4) is 0 Å². The minimum Gasteiger partial charge on any atom is -0.228 e. The lowest BCUT2D eigenvalue weighted by atomic mass is 10.2. The minimum atomic E-state index is 0.378. The van der Waals surface area contributed by atoms with Crippen molar-refractivity contribution in [1.82, 2.24) is 0 Å². The number of thioether (sulfide) groups is 1. The Balaban J connectivity index is 1.92. The first-order chi connectivity index (χ1) is 3.97. The van der Waals surface area contributed by atoms with Crippen LogP contribution in [-0.2, 0) is 9.78 Å². The number of rotatable bonds is 0. The lowest BCUT2D eigenvalue weighted by Crippen LogP contribution is -2.42. The van der Waals surface area contributed by atoms with Gasteiger partial charge in [0, 0.05) is 0 Å². The van der Waals surface area contributed by atoms with Crippen LogP contribution in [-0.4, -0.2) is 17.3 Å². The second kappa shape index (κ2) is 1.90. The van der Waals surface area contributed by atoms with Crippen molar-refractivity contribution in [1.29, 1.82) is 0 Å². The van der Waals surface area contributed by atoms with Crippen LogP contribution in [0, 0.1) is 0 Å². The molecule has 2 unspecified atom stereocenters. The van der Waals surface area contributed by atoms with Gasteiger partial charge in [0.15, 0.2) is 5.44 Å². The van der Waals surface area contributed by atoms with Gasteiger partial charge in [0.05, 0.1) is 0 Å². The zero-order valence-corrected chi connectivity index (χ0v) is 5.32. The average Bonchev–Trinajstić information content (AvgIpc) is 1.72. The van der Waals surface area contributed by atoms with Gasteiger partial charge < -0.3 is 0 Å². The van der Waals surface area contributed by atoms with E-state index in [0.717, 1.165) is 0 Å². The van der Waals surface area contributed by atoms with Crippen molar-refractivity contribution in [2.24, 2.45) is 0 Å². The molecule has 0 aromatic heterocycles. The van der Waals surface area contributed by atoms with E-state index in [-0.39, 0.29) is 0 Å². The van der Waals surface area contributed by atoms with Gasteiger partial charge in [-0.1, -0.05) is 0 Å². The molecule has 0 aliphatic carbocycles. The molecule has 2 atom stereocenters. The molecule has 0 spiro atoms. The molecule has 46 valence electrons. The molecular weight excluding hydrogens is 124 g/mol. The van der Waals surface area contributed by atoms with Crippen LogP contribution in [0.5, 0.6) is 0 Å². The summed E-state index contributed by atoms with van der Waals surface area (Å²) in [7, 11) is 0. The molecule has 2 fully saturated rings. The van der Waals surface area contributed by atoms with Gasteiger partial charge in [-0.25, -0.2) is 9.78 Å². The first kappa shape index (κ1) is 5.09. The molecule has 0 aromatic carbocycles. The second-order valence-corrected chi connectivity index (χ2v) is 3.32. The summed E-state index contributed by atoms with van der Waals surface area (Å²) in [4.78, 5) is 9.61. The van der Waals surface area contributed by atoms with Gasteiger partial charge in [-0.05, 0) is 18.6 Å². The van der Waals surface area contributed by atoms with Gasteiger partial charge in [-0.2, -0.15) is 0 Å². The molecule has 2 heterocycles. The third kappa shape index (κ3) is 0.658. The van der Waals surface area contributed by atoms with E-state index in [1.807, 2.05) is 11.8 Å². The Morgan fingerprint density at radius 3 is 2.75 bits per heavy atom. The first-order valence-corrected chi connectivity index (χ1v) is 3.95. The summed E-state index contributed by atoms with van der Waals surface area (Å²) in [6.07, 6.45) is 2.90. The van der Waals surface area contributed by atoms with Crippen LogP contribution in [0.2, 0.25) is 0 Å². The topological polar surface area (TPSA) is 18.5 Å². The summed E-state index contributed by atoms with van der Waals surface area (Å²) in [5.74, 6) is 1.24. The Hall–Kier alpha value is 0.270. The van der Waals surface area contributed by atoms with E-state index in [2.05, 4.69) is 0 Å². The quantitative estimate of drug-likeness (QED) is 0.461. The Kier molecular flexibility index (Phi) is 1.21. The van der Waals surface area contributed by atoms with Crippen molar-refractivity contribution in [3.63, 3.8) is 0 Å². The van der Waals surface area contributed by atoms with Crippen LogP contribution in [0.1, 0.15) is 12.8 Å². The summed E-state index contributed by atoms with van der Waals surface area (Å²) in [5, 5.41) is 0. The molecule has 2 saturated heterocycles. The molecule has 0 aromatic rings. The maximum absolute atomic E-state index is 4.81. The largest absolute Gasteiger partial charge is 0.228 e. The Morgan fingerprint density at radius 2 is 2.38 bits per heavy atom. The van der Waals surface area contributed by atoms with Crippen molar-refractivity contribution >= 4 is 11.8 Å². The van der Waals surface area contributed by atoms with E-state index >= 15 is 0 Å². The third-order valence-corrected chi connectivity index (χ3v) is 2.73. The molecule has 2 aliphatic heterocycles. The number of hydrogen-bond acceptors (Lipinski definition) is 3. The van der Waals surface area contributed by atoms with Gasteiger partial charge in [0.1, 0.15) is 6.10 Å². The van der Waals surface area contributed by atoms with Crippen molar-refractivity contribution < 1.29 is 9.78 Å². The van der Waals surface area contributed by atoms with E-state index in [0.29, 0.717) is 11.5 Å². The lowest BCUT2D eigenvalue weighted by Gasteiger charge is -2.37. The Bertz CT molecular complexity index is 84.4. The van der Waals surface area contributed by atoms with Crippen LogP contribution in [0.3, 0.4) is 0 Å². The molecule has 8 heavy (non-hydrogen) atoms. The molecule has 2 rings (SSSR count). The van der Waals surface area contributed by atoms with Gasteiger partial charge in [-0.15, -0.1) is 11.8 Å². The highest BCUT2D eigenvalue weighted by atomic mass is 32.2. The SMILES string of the molecule is C1CSC2OOC2C1. The van der Waals surface area contributed by atoms with E-state index in [1.54, 1.807) is 0 Å². The van der Waals surface area contributed by atoms with Crippen LogP contribution < -0.4 is 0 Å². The Labute approximate surface area is 52.5 Å². The van der Waals surface area contributed by atoms with Gasteiger partial charge in [0.2, 0.25) is 0 Å². The normalized spacial score (nSPS) is 45.0. The van der Waals surface area contributed by atoms with E-state index < -0.39 is 0 Å². The van der Waals surface area contributed by atoms with Crippen LogP contribution in [0.15, 0.2) is 0 Å². The predicted molar refractivity (Wildman–Crippen MR) is 31.4 cm³/mol. The standard InChI is InChI=1S/C5H8O2S/c1-2-4-5(7-6-4)8-3-1/h4-5H,1-3H2. The maximum Gasteiger partial charge on any atom is 0.168 e. The van der Waals surface area contributed by atoms with Crippen molar-refractivity contribution in [3.05, 3.63) is 0 Å². The van der Waals surface area contributed by atoms with Gasteiger partial charge in [0.25, 0.3) is 0 Å². The third-order valence-electron chi connectivity index (χ3n) is 1.49. The second-order valence-electron chi connectivity index (χ2n) is 2.11. The fourth-order valence-corrected chi connectivity index (χ4v) is 2.05. The lowest BCUT2D eigenvalue weighted by molar-refractivity contribution is -0.440. The molecule has 2 nitrogen and oxygen atoms in total. The molecule has 0 N–H and O–H groups in total. The zero-order valence-electron chi connectivity index (χ0n) is 4.50. The van der Waals surface area contributed by atoms with Crippen LogP contribution in [0.4, 0.5) is 0 Å². The first-order valence-electron chi connectivity index (χ1n) is 2.90. The van der Waals surface area contributed by atoms with Crippen LogP contribution in [0.25, 0.3) is 0 Å². The average molecular weight is 132 g/mol. The summed E-state index contributed by atoms with van der Waals surface area (Å²) in [6, 6.07) is 0. The highest BCUT2D eigenvalue weighted by molar-refractivity contribution is 7.99. The number of fused-ring (bicyclic) bond motifs is 1. The fraction of sp³-hybridized carbons (Fsp3) is 1.00. The monoisotopic (exact) mass is 132 g/mol. The van der Waals surface area contributed by atoms with E-state index in [9.17, 15) is 0 Å². The molecule has 0 bridgehead atoms. The molecule has 0 saturated carbocycles. The molecule has 0 radical (unpaired) electrons. The zero-order chi connectivity index (χ0) is 5.40.